The van der Waals surface area contributed by atoms with Crippen molar-refractivity contribution in [3.63, 3.8) is 0 Å². The van der Waals surface area contributed by atoms with E-state index in [1.54, 1.807) is 30.3 Å². The number of carboxylic acid groups (broad SMARTS) is 2. The van der Waals surface area contributed by atoms with Gasteiger partial charge in [-0.2, -0.15) is 0 Å². The van der Waals surface area contributed by atoms with Gasteiger partial charge in [-0.25, -0.2) is 4.79 Å². The van der Waals surface area contributed by atoms with Crippen molar-refractivity contribution in [3.05, 3.63) is 41.5 Å². The van der Waals surface area contributed by atoms with Crippen LogP contribution in [0.15, 0.2) is 35.9 Å². The molecule has 0 aliphatic rings. The summed E-state index contributed by atoms with van der Waals surface area (Å²) in [4.78, 5) is 33.4. The zero-order valence-electron chi connectivity index (χ0n) is 10.4. The molecular weight excluding hydrogens is 248 g/mol. The van der Waals surface area contributed by atoms with Gasteiger partial charge in [-0.15, -0.1) is 0 Å². The Morgan fingerprint density at radius 3 is 2.16 bits per heavy atom. The van der Waals surface area contributed by atoms with Crippen molar-refractivity contribution in [1.82, 2.24) is 0 Å². The molecule has 0 aromatic heterocycles. The van der Waals surface area contributed by atoms with Crippen LogP contribution in [-0.2, 0) is 14.4 Å². The summed E-state index contributed by atoms with van der Waals surface area (Å²) >= 11 is 0. The van der Waals surface area contributed by atoms with Crippen LogP contribution in [-0.4, -0.2) is 27.9 Å². The number of Topliss-reactive ketones (excluding diaryl/α,β-unsaturated/α-hetero) is 1. The van der Waals surface area contributed by atoms with Crippen molar-refractivity contribution < 1.29 is 24.6 Å². The first-order valence-corrected chi connectivity index (χ1v) is 5.64. The van der Waals surface area contributed by atoms with Crippen molar-refractivity contribution in [2.24, 2.45) is 5.92 Å². The van der Waals surface area contributed by atoms with Gasteiger partial charge in [0.2, 0.25) is 0 Å². The fourth-order valence-electron chi connectivity index (χ4n) is 1.66. The van der Waals surface area contributed by atoms with Crippen LogP contribution < -0.4 is 0 Å². The smallest absolute Gasteiger partial charge is 0.332 e. The Morgan fingerprint density at radius 2 is 1.74 bits per heavy atom. The first-order chi connectivity index (χ1) is 8.91. The van der Waals surface area contributed by atoms with E-state index >= 15 is 0 Å². The number of rotatable bonds is 6. The molecule has 100 valence electrons. The molecule has 0 amide bonds. The van der Waals surface area contributed by atoms with E-state index in [9.17, 15) is 14.4 Å². The average Bonchev–Trinajstić information content (AvgIpc) is 2.34. The highest BCUT2D eigenvalue weighted by atomic mass is 16.4. The van der Waals surface area contributed by atoms with E-state index in [0.29, 0.717) is 5.56 Å². The number of ketones is 1. The summed E-state index contributed by atoms with van der Waals surface area (Å²) in [5.74, 6) is -4.36. The lowest BCUT2D eigenvalue weighted by Gasteiger charge is -2.11. The number of benzene rings is 1. The van der Waals surface area contributed by atoms with Gasteiger partial charge in [0, 0.05) is 6.42 Å². The van der Waals surface area contributed by atoms with Gasteiger partial charge in [-0.3, -0.25) is 9.59 Å². The maximum absolute atomic E-state index is 11.2. The monoisotopic (exact) mass is 262 g/mol. The second-order valence-electron chi connectivity index (χ2n) is 4.11. The predicted molar refractivity (Wildman–Crippen MR) is 68.5 cm³/mol. The van der Waals surface area contributed by atoms with E-state index in [2.05, 4.69) is 0 Å². The van der Waals surface area contributed by atoms with E-state index in [1.165, 1.54) is 13.0 Å². The van der Waals surface area contributed by atoms with Crippen molar-refractivity contribution in [3.8, 4) is 0 Å². The molecule has 1 aromatic carbocycles. The highest BCUT2D eigenvalue weighted by Gasteiger charge is 2.28. The lowest BCUT2D eigenvalue weighted by molar-refractivity contribution is -0.145. The van der Waals surface area contributed by atoms with Gasteiger partial charge in [0.15, 0.2) is 0 Å². The number of carbonyl (C=O) groups excluding carboxylic acids is 1. The number of aliphatic carboxylic acids is 2. The fourth-order valence-corrected chi connectivity index (χ4v) is 1.66. The third-order valence-electron chi connectivity index (χ3n) is 2.53. The average molecular weight is 262 g/mol. The second kappa shape index (κ2) is 6.49. The predicted octanol–water partition coefficient (Wildman–Crippen LogP) is 1.83. The quantitative estimate of drug-likeness (QED) is 0.763. The maximum Gasteiger partial charge on any atom is 0.332 e. The number of carboxylic acids is 2. The molecule has 0 fully saturated rings. The Bertz CT molecular complexity index is 516. The van der Waals surface area contributed by atoms with Crippen LogP contribution in [0.4, 0.5) is 0 Å². The van der Waals surface area contributed by atoms with Gasteiger partial charge in [0.1, 0.15) is 5.78 Å². The molecule has 1 rings (SSSR count). The van der Waals surface area contributed by atoms with Crippen LogP contribution in [0, 0.1) is 5.92 Å². The highest BCUT2D eigenvalue weighted by Crippen LogP contribution is 2.20. The van der Waals surface area contributed by atoms with E-state index in [4.69, 9.17) is 10.2 Å². The topological polar surface area (TPSA) is 91.7 Å². The molecule has 5 nitrogen and oxygen atoms in total. The summed E-state index contributed by atoms with van der Waals surface area (Å²) in [5, 5.41) is 18.2. The molecule has 0 radical (unpaired) electrons. The molecule has 0 bridgehead atoms. The SMILES string of the molecule is CC(=O)CC(C(=O)O)C(=Cc1ccccc1)C(=O)O. The minimum Gasteiger partial charge on any atom is -0.481 e. The van der Waals surface area contributed by atoms with Crippen molar-refractivity contribution in [2.75, 3.05) is 0 Å². The van der Waals surface area contributed by atoms with Gasteiger partial charge in [0.05, 0.1) is 11.5 Å². The van der Waals surface area contributed by atoms with Gasteiger partial charge in [0.25, 0.3) is 0 Å². The summed E-state index contributed by atoms with van der Waals surface area (Å²) in [6.07, 6.45) is 0.949. The molecule has 0 aliphatic carbocycles. The maximum atomic E-state index is 11.2. The van der Waals surface area contributed by atoms with Crippen LogP contribution in [0.1, 0.15) is 18.9 Å². The summed E-state index contributed by atoms with van der Waals surface area (Å²) in [7, 11) is 0. The zero-order valence-corrected chi connectivity index (χ0v) is 10.4. The standard InChI is InChI=1S/C14H14O5/c1-9(15)7-11(13(16)17)12(14(18)19)8-10-5-3-2-4-6-10/h2-6,8,11H,7H2,1H3,(H,16,17)(H,18,19). The largest absolute Gasteiger partial charge is 0.481 e. The molecular formula is C14H14O5. The van der Waals surface area contributed by atoms with Gasteiger partial charge in [-0.05, 0) is 18.6 Å². The first kappa shape index (κ1) is 14.6. The minimum atomic E-state index is -1.34. The summed E-state index contributed by atoms with van der Waals surface area (Å²) in [6, 6.07) is 8.52. The van der Waals surface area contributed by atoms with E-state index in [1.807, 2.05) is 0 Å². The van der Waals surface area contributed by atoms with Gasteiger partial charge >= 0.3 is 11.9 Å². The molecule has 0 saturated carbocycles. The van der Waals surface area contributed by atoms with Crippen LogP contribution >= 0.6 is 0 Å². The molecule has 1 aromatic rings. The van der Waals surface area contributed by atoms with Crippen molar-refractivity contribution in [1.29, 1.82) is 0 Å². The molecule has 1 atom stereocenters. The number of hydrogen-bond acceptors (Lipinski definition) is 3. The Balaban J connectivity index is 3.18. The van der Waals surface area contributed by atoms with Crippen LogP contribution in [0.2, 0.25) is 0 Å². The molecule has 5 heteroatoms. The first-order valence-electron chi connectivity index (χ1n) is 5.64. The van der Waals surface area contributed by atoms with Crippen molar-refractivity contribution >= 4 is 23.8 Å². The highest BCUT2D eigenvalue weighted by molar-refractivity contribution is 6.00. The number of carbonyl (C=O) groups is 3. The molecule has 2 N–H and O–H groups in total. The Labute approximate surface area is 110 Å². The second-order valence-corrected chi connectivity index (χ2v) is 4.11. The molecule has 0 heterocycles. The van der Waals surface area contributed by atoms with Crippen LogP contribution in [0.3, 0.4) is 0 Å². The van der Waals surface area contributed by atoms with E-state index < -0.39 is 17.9 Å². The normalized spacial score (nSPS) is 12.8. The Hall–Kier alpha value is -2.43. The lowest BCUT2D eigenvalue weighted by Crippen LogP contribution is -2.23. The van der Waals surface area contributed by atoms with E-state index in [0.717, 1.165) is 0 Å². The van der Waals surface area contributed by atoms with Crippen LogP contribution in [0.5, 0.6) is 0 Å². The molecule has 0 spiro atoms. The molecule has 0 aliphatic heterocycles. The summed E-state index contributed by atoms with van der Waals surface area (Å²) in [5.41, 5.74) is 0.281. The Kier molecular flexibility index (Phi) is 5.00. The minimum absolute atomic E-state index is 0.297. The van der Waals surface area contributed by atoms with Gasteiger partial charge < -0.3 is 10.2 Å². The lowest BCUT2D eigenvalue weighted by atomic mass is 9.92. The van der Waals surface area contributed by atoms with E-state index in [-0.39, 0.29) is 17.8 Å². The molecule has 0 saturated heterocycles. The zero-order chi connectivity index (χ0) is 14.4. The third kappa shape index (κ3) is 4.39. The molecule has 1 unspecified atom stereocenters. The number of hydrogen-bond donors (Lipinski definition) is 2. The van der Waals surface area contributed by atoms with Gasteiger partial charge in [-0.1, -0.05) is 30.3 Å². The van der Waals surface area contributed by atoms with Crippen molar-refractivity contribution in [2.45, 2.75) is 13.3 Å². The Morgan fingerprint density at radius 1 is 1.16 bits per heavy atom. The van der Waals surface area contributed by atoms with Crippen LogP contribution in [0.25, 0.3) is 6.08 Å². The summed E-state index contributed by atoms with van der Waals surface area (Å²) in [6.45, 7) is 1.23. The molecule has 19 heavy (non-hydrogen) atoms. The summed E-state index contributed by atoms with van der Waals surface area (Å²) < 4.78 is 0. The fraction of sp³-hybridized carbons (Fsp3) is 0.214. The third-order valence-corrected chi connectivity index (χ3v) is 2.53.